The van der Waals surface area contributed by atoms with Gasteiger partial charge >= 0.3 is 0 Å². The van der Waals surface area contributed by atoms with E-state index in [1.807, 2.05) is 45.2 Å². The van der Waals surface area contributed by atoms with Gasteiger partial charge in [0.25, 0.3) is 0 Å². The van der Waals surface area contributed by atoms with Crippen molar-refractivity contribution in [3.63, 3.8) is 0 Å². The smallest absolute Gasteiger partial charge is 0.239 e. The van der Waals surface area contributed by atoms with Crippen LogP contribution in [0.25, 0.3) is 17.1 Å². The van der Waals surface area contributed by atoms with Gasteiger partial charge in [0.2, 0.25) is 5.89 Å². The van der Waals surface area contributed by atoms with E-state index in [-0.39, 0.29) is 11.2 Å². The molecule has 0 bridgehead atoms. The fraction of sp³-hybridized carbons (Fsp3) is 0.348. The van der Waals surface area contributed by atoms with Crippen LogP contribution in [0.3, 0.4) is 0 Å². The number of rotatable bonds is 7. The maximum absolute atomic E-state index is 5.51. The lowest BCUT2D eigenvalue weighted by atomic mass is 10.0. The Hall–Kier alpha value is -3.00. The second-order valence-electron chi connectivity index (χ2n) is 8.00. The lowest BCUT2D eigenvalue weighted by Crippen LogP contribution is -2.05. The highest BCUT2D eigenvalue weighted by molar-refractivity contribution is 7.99. The minimum atomic E-state index is -0.0732. The summed E-state index contributed by atoms with van der Waals surface area (Å²) in [4.78, 5) is 8.82. The molecule has 0 aliphatic rings. The summed E-state index contributed by atoms with van der Waals surface area (Å²) in [5.41, 5.74) is 3.19. The molecule has 0 spiro atoms. The molecule has 4 rings (SSSR count). The molecule has 0 unspecified atom stereocenters. The van der Waals surface area contributed by atoms with Crippen LogP contribution in [-0.4, -0.2) is 29.9 Å². The Bertz CT molecular complexity index is 1150. The molecule has 0 radical (unpaired) electrons. The molecule has 0 aliphatic carbocycles. The third-order valence-electron chi connectivity index (χ3n) is 4.96. The van der Waals surface area contributed by atoms with E-state index in [2.05, 4.69) is 61.9 Å². The highest BCUT2D eigenvalue weighted by atomic mass is 32.2. The summed E-state index contributed by atoms with van der Waals surface area (Å²) in [7, 11) is 0. The predicted molar refractivity (Wildman–Crippen MR) is 121 cm³/mol. The first-order chi connectivity index (χ1) is 15.0. The quantitative estimate of drug-likeness (QED) is 0.339. The van der Waals surface area contributed by atoms with Gasteiger partial charge in [-0.2, -0.15) is 4.98 Å². The summed E-state index contributed by atoms with van der Waals surface area (Å²) in [6, 6.07) is 12.3. The van der Waals surface area contributed by atoms with Gasteiger partial charge < -0.3 is 4.52 Å². The van der Waals surface area contributed by atoms with E-state index in [0.717, 1.165) is 22.2 Å². The van der Waals surface area contributed by atoms with E-state index >= 15 is 0 Å². The number of hydrogen-bond acceptors (Lipinski definition) is 7. The van der Waals surface area contributed by atoms with Gasteiger partial charge in [0.1, 0.15) is 0 Å². The maximum Gasteiger partial charge on any atom is 0.239 e. The van der Waals surface area contributed by atoms with Gasteiger partial charge in [-0.3, -0.25) is 9.55 Å². The van der Waals surface area contributed by atoms with Crippen LogP contribution in [0.1, 0.15) is 69.0 Å². The molecule has 0 saturated carbocycles. The van der Waals surface area contributed by atoms with Crippen LogP contribution in [0, 0.1) is 0 Å². The summed E-state index contributed by atoms with van der Waals surface area (Å²) in [6.45, 7) is 10.5. The Labute approximate surface area is 186 Å². The van der Waals surface area contributed by atoms with Crippen molar-refractivity contribution in [1.29, 1.82) is 0 Å². The molecule has 160 valence electrons. The molecule has 3 heterocycles. The first kappa shape index (κ1) is 21.2. The molecule has 4 aromatic rings. The zero-order valence-electron chi connectivity index (χ0n) is 18.4. The molecule has 0 saturated heterocycles. The molecule has 31 heavy (non-hydrogen) atoms. The zero-order valence-corrected chi connectivity index (χ0v) is 19.2. The zero-order chi connectivity index (χ0) is 22.0. The molecule has 8 heteroatoms. The van der Waals surface area contributed by atoms with E-state index in [1.165, 1.54) is 5.56 Å². The van der Waals surface area contributed by atoms with E-state index < -0.39 is 0 Å². The highest BCUT2D eigenvalue weighted by Crippen LogP contribution is 2.38. The van der Waals surface area contributed by atoms with Gasteiger partial charge in [0.05, 0.1) is 10.9 Å². The van der Waals surface area contributed by atoms with E-state index in [1.54, 1.807) is 18.0 Å². The molecule has 0 N–H and O–H groups in total. The van der Waals surface area contributed by atoms with Crippen molar-refractivity contribution in [1.82, 2.24) is 29.9 Å². The van der Waals surface area contributed by atoms with Crippen molar-refractivity contribution in [2.24, 2.45) is 0 Å². The number of nitrogens with zero attached hydrogens (tertiary/aromatic N) is 6. The fourth-order valence-electron chi connectivity index (χ4n) is 3.28. The van der Waals surface area contributed by atoms with Crippen LogP contribution in [-0.2, 0) is 0 Å². The predicted octanol–water partition coefficient (Wildman–Crippen LogP) is 5.81. The Morgan fingerprint density at radius 3 is 2.42 bits per heavy atom. The molecule has 1 aromatic carbocycles. The standard InChI is InChI=1S/C23H26N6OS/c1-14(2)18-10-6-7-11-19(18)29-21(17-9-8-12-24-13-17)26-27-23(29)31-16(5)22-25-20(15(3)4)28-30-22/h6-16H,1-5H3/t16-/m0/s1. The van der Waals surface area contributed by atoms with E-state index in [0.29, 0.717) is 17.6 Å². The normalized spacial score (nSPS) is 12.6. The maximum atomic E-state index is 5.51. The van der Waals surface area contributed by atoms with Gasteiger partial charge in [-0.05, 0) is 36.6 Å². The Morgan fingerprint density at radius 1 is 0.935 bits per heavy atom. The largest absolute Gasteiger partial charge is 0.338 e. The van der Waals surface area contributed by atoms with Gasteiger partial charge in [-0.15, -0.1) is 10.2 Å². The van der Waals surface area contributed by atoms with Crippen LogP contribution in [0.5, 0.6) is 0 Å². The van der Waals surface area contributed by atoms with Gasteiger partial charge in [0, 0.05) is 23.9 Å². The second kappa shape index (κ2) is 9.01. The third-order valence-corrected chi connectivity index (χ3v) is 5.99. The fourth-order valence-corrected chi connectivity index (χ4v) is 4.17. The average Bonchev–Trinajstić information content (AvgIpc) is 3.42. The van der Waals surface area contributed by atoms with Crippen molar-refractivity contribution in [3.05, 3.63) is 66.1 Å². The average molecular weight is 435 g/mol. The van der Waals surface area contributed by atoms with Crippen LogP contribution in [0.2, 0.25) is 0 Å². The molecule has 3 aromatic heterocycles. The molecule has 0 fully saturated rings. The Balaban J connectivity index is 1.79. The number of thioether (sulfide) groups is 1. The highest BCUT2D eigenvalue weighted by Gasteiger charge is 2.24. The minimum absolute atomic E-state index is 0.0732. The lowest BCUT2D eigenvalue weighted by molar-refractivity contribution is 0.373. The number of benzene rings is 1. The third kappa shape index (κ3) is 4.39. The number of para-hydroxylation sites is 1. The van der Waals surface area contributed by atoms with Crippen molar-refractivity contribution >= 4 is 11.8 Å². The van der Waals surface area contributed by atoms with Gasteiger partial charge in [0.15, 0.2) is 16.8 Å². The molecular weight excluding hydrogens is 408 g/mol. The molecule has 0 amide bonds. The van der Waals surface area contributed by atoms with Gasteiger partial charge in [-0.25, -0.2) is 0 Å². The first-order valence-electron chi connectivity index (χ1n) is 10.4. The monoisotopic (exact) mass is 434 g/mol. The van der Waals surface area contributed by atoms with Crippen LogP contribution in [0.4, 0.5) is 0 Å². The second-order valence-corrected chi connectivity index (χ2v) is 9.31. The molecular formula is C23H26N6OS. The van der Waals surface area contributed by atoms with Crippen molar-refractivity contribution in [3.8, 4) is 17.1 Å². The van der Waals surface area contributed by atoms with E-state index in [9.17, 15) is 0 Å². The minimum Gasteiger partial charge on any atom is -0.338 e. The summed E-state index contributed by atoms with van der Waals surface area (Å²) in [5.74, 6) is 2.62. The number of pyridine rings is 1. The summed E-state index contributed by atoms with van der Waals surface area (Å²) >= 11 is 1.55. The number of hydrogen-bond donors (Lipinski definition) is 0. The van der Waals surface area contributed by atoms with Gasteiger partial charge in [-0.1, -0.05) is 62.8 Å². The van der Waals surface area contributed by atoms with Crippen molar-refractivity contribution < 1.29 is 4.52 Å². The number of aromatic nitrogens is 6. The first-order valence-corrected chi connectivity index (χ1v) is 11.3. The Kier molecular flexibility index (Phi) is 6.18. The SMILES string of the molecule is CC(C)c1noc([C@H](C)Sc2nnc(-c3cccnc3)n2-c2ccccc2C(C)C)n1. The van der Waals surface area contributed by atoms with Crippen molar-refractivity contribution in [2.45, 2.75) is 56.9 Å². The van der Waals surface area contributed by atoms with Crippen LogP contribution >= 0.6 is 11.8 Å². The summed E-state index contributed by atoms with van der Waals surface area (Å²) < 4.78 is 7.61. The molecule has 0 aliphatic heterocycles. The topological polar surface area (TPSA) is 82.5 Å². The molecule has 7 nitrogen and oxygen atoms in total. The van der Waals surface area contributed by atoms with E-state index in [4.69, 9.17) is 4.52 Å². The lowest BCUT2D eigenvalue weighted by Gasteiger charge is -2.17. The van der Waals surface area contributed by atoms with Crippen molar-refractivity contribution in [2.75, 3.05) is 0 Å². The molecule has 1 atom stereocenters. The summed E-state index contributed by atoms with van der Waals surface area (Å²) in [6.07, 6.45) is 3.56. The Morgan fingerprint density at radius 2 is 1.74 bits per heavy atom. The van der Waals surface area contributed by atoms with Crippen LogP contribution < -0.4 is 0 Å². The summed E-state index contributed by atoms with van der Waals surface area (Å²) in [5, 5.41) is 13.9. The van der Waals surface area contributed by atoms with Crippen LogP contribution in [0.15, 0.2) is 58.5 Å².